The van der Waals surface area contributed by atoms with E-state index in [0.717, 1.165) is 66.9 Å². The topological polar surface area (TPSA) is 59.8 Å². The number of benzene rings is 2. The molecule has 0 aliphatic rings. The van der Waals surface area contributed by atoms with Crippen LogP contribution < -0.4 is 5.32 Å². The molecule has 1 N–H and O–H groups in total. The Balaban J connectivity index is 1.61. The summed E-state index contributed by atoms with van der Waals surface area (Å²) in [7, 11) is 0. The summed E-state index contributed by atoms with van der Waals surface area (Å²) < 4.78 is 2.24. The van der Waals surface area contributed by atoms with Crippen LogP contribution in [0.1, 0.15) is 49.6 Å². The molecule has 1 aromatic heterocycles. The molecule has 0 fully saturated rings. The molecule has 7 heteroatoms. The lowest BCUT2D eigenvalue weighted by atomic mass is 10.1. The SMILES string of the molecule is CCCNC(=O)CCCCc1nnc(SCc2cccc(Cl)c2)n1CCc1ccccc1. The molecule has 0 saturated carbocycles. The lowest BCUT2D eigenvalue weighted by molar-refractivity contribution is -0.121. The van der Waals surface area contributed by atoms with Gasteiger partial charge in [-0.3, -0.25) is 4.79 Å². The van der Waals surface area contributed by atoms with Gasteiger partial charge in [-0.15, -0.1) is 10.2 Å². The van der Waals surface area contributed by atoms with Crippen molar-refractivity contribution in [2.24, 2.45) is 0 Å². The minimum absolute atomic E-state index is 0.134. The van der Waals surface area contributed by atoms with E-state index < -0.39 is 0 Å². The van der Waals surface area contributed by atoms with Crippen molar-refractivity contribution in [1.82, 2.24) is 20.1 Å². The molecule has 0 unspecified atom stereocenters. The fraction of sp³-hybridized carbons (Fsp3) is 0.400. The third kappa shape index (κ3) is 7.99. The molecule has 1 amide bonds. The van der Waals surface area contributed by atoms with Gasteiger partial charge in [0.2, 0.25) is 5.91 Å². The maximum Gasteiger partial charge on any atom is 0.219 e. The van der Waals surface area contributed by atoms with Gasteiger partial charge in [0.15, 0.2) is 5.16 Å². The zero-order valence-corrected chi connectivity index (χ0v) is 20.2. The van der Waals surface area contributed by atoms with E-state index in [1.807, 2.05) is 24.3 Å². The summed E-state index contributed by atoms with van der Waals surface area (Å²) in [5, 5.41) is 13.6. The minimum Gasteiger partial charge on any atom is -0.356 e. The lowest BCUT2D eigenvalue weighted by Gasteiger charge is -2.11. The smallest absolute Gasteiger partial charge is 0.219 e. The molecule has 0 bridgehead atoms. The van der Waals surface area contributed by atoms with Crippen molar-refractivity contribution >= 4 is 29.3 Å². The van der Waals surface area contributed by atoms with Crippen molar-refractivity contribution in [3.8, 4) is 0 Å². The standard InChI is InChI=1S/C25H31ClN4OS/c1-2-16-27-24(31)14-7-6-13-23-28-29-25(32-19-21-11-8-12-22(26)18-21)30(23)17-15-20-9-4-3-5-10-20/h3-5,8-12,18H,2,6-7,13-17,19H2,1H3,(H,27,31). The van der Waals surface area contributed by atoms with Crippen LogP contribution in [0.2, 0.25) is 5.02 Å². The molecule has 0 spiro atoms. The molecule has 5 nitrogen and oxygen atoms in total. The number of hydrogen-bond donors (Lipinski definition) is 1. The number of halogens is 1. The molecule has 170 valence electrons. The molecular formula is C25H31ClN4OS. The predicted molar refractivity (Wildman–Crippen MR) is 132 cm³/mol. The van der Waals surface area contributed by atoms with Gasteiger partial charge in [-0.25, -0.2) is 0 Å². The molecule has 3 rings (SSSR count). The zero-order chi connectivity index (χ0) is 22.6. The highest BCUT2D eigenvalue weighted by molar-refractivity contribution is 7.98. The summed E-state index contributed by atoms with van der Waals surface area (Å²) >= 11 is 7.81. The highest BCUT2D eigenvalue weighted by Gasteiger charge is 2.13. The van der Waals surface area contributed by atoms with E-state index in [4.69, 9.17) is 11.6 Å². The highest BCUT2D eigenvalue weighted by atomic mass is 35.5. The molecular weight excluding hydrogens is 440 g/mol. The van der Waals surface area contributed by atoms with Crippen LogP contribution in [0.4, 0.5) is 0 Å². The first kappa shape index (κ1) is 24.3. The summed E-state index contributed by atoms with van der Waals surface area (Å²) in [5.41, 5.74) is 2.46. The van der Waals surface area contributed by atoms with E-state index >= 15 is 0 Å². The molecule has 1 heterocycles. The van der Waals surface area contributed by atoms with Crippen LogP contribution in [-0.2, 0) is 29.9 Å². The molecule has 0 saturated heterocycles. The second kappa shape index (κ2) is 13.3. The third-order valence-corrected chi connectivity index (χ3v) is 6.42. The second-order valence-corrected chi connectivity index (χ2v) is 9.14. The van der Waals surface area contributed by atoms with Crippen LogP contribution >= 0.6 is 23.4 Å². The fourth-order valence-corrected chi connectivity index (χ4v) is 4.56. The number of nitrogens with one attached hydrogen (secondary N) is 1. The number of carbonyl (C=O) groups is 1. The van der Waals surface area contributed by atoms with Crippen molar-refractivity contribution < 1.29 is 4.79 Å². The Labute approximate surface area is 200 Å². The number of aryl methyl sites for hydroxylation is 2. The number of hydrogen-bond acceptors (Lipinski definition) is 4. The van der Waals surface area contributed by atoms with E-state index in [0.29, 0.717) is 6.42 Å². The average molecular weight is 471 g/mol. The minimum atomic E-state index is 0.134. The average Bonchev–Trinajstić information content (AvgIpc) is 3.20. The summed E-state index contributed by atoms with van der Waals surface area (Å²) in [6.45, 7) is 3.64. The Morgan fingerprint density at radius 1 is 1.03 bits per heavy atom. The van der Waals surface area contributed by atoms with Gasteiger partial charge >= 0.3 is 0 Å². The maximum absolute atomic E-state index is 11.8. The first-order chi connectivity index (χ1) is 15.7. The predicted octanol–water partition coefficient (Wildman–Crippen LogP) is 5.71. The van der Waals surface area contributed by atoms with Gasteiger partial charge in [0.1, 0.15) is 5.82 Å². The van der Waals surface area contributed by atoms with Crippen molar-refractivity contribution in [2.45, 2.75) is 62.9 Å². The largest absolute Gasteiger partial charge is 0.356 e. The van der Waals surface area contributed by atoms with Gasteiger partial charge in [-0.1, -0.05) is 72.8 Å². The van der Waals surface area contributed by atoms with Crippen LogP contribution in [0, 0.1) is 0 Å². The number of aromatic nitrogens is 3. The van der Waals surface area contributed by atoms with Gasteiger partial charge < -0.3 is 9.88 Å². The Bertz CT molecular complexity index is 977. The van der Waals surface area contributed by atoms with Crippen molar-refractivity contribution in [1.29, 1.82) is 0 Å². The number of carbonyl (C=O) groups excluding carboxylic acids is 1. The number of unbranched alkanes of at least 4 members (excludes halogenated alkanes) is 1. The van der Waals surface area contributed by atoms with Gasteiger partial charge in [0.25, 0.3) is 0 Å². The first-order valence-electron chi connectivity index (χ1n) is 11.3. The van der Waals surface area contributed by atoms with Gasteiger partial charge in [0.05, 0.1) is 0 Å². The number of nitrogens with zero attached hydrogens (tertiary/aromatic N) is 3. The van der Waals surface area contributed by atoms with Crippen molar-refractivity contribution in [3.63, 3.8) is 0 Å². The van der Waals surface area contributed by atoms with Crippen LogP contribution in [0.15, 0.2) is 59.8 Å². The fourth-order valence-electron chi connectivity index (χ4n) is 3.42. The quantitative estimate of drug-likeness (QED) is 0.257. The molecule has 2 aromatic carbocycles. The molecule has 3 aromatic rings. The van der Waals surface area contributed by atoms with Crippen LogP contribution in [0.3, 0.4) is 0 Å². The first-order valence-corrected chi connectivity index (χ1v) is 12.6. The molecule has 32 heavy (non-hydrogen) atoms. The van der Waals surface area contributed by atoms with Crippen LogP contribution in [-0.4, -0.2) is 27.2 Å². The van der Waals surface area contributed by atoms with E-state index in [-0.39, 0.29) is 5.91 Å². The zero-order valence-electron chi connectivity index (χ0n) is 18.6. The Hall–Kier alpha value is -2.31. The van der Waals surface area contributed by atoms with E-state index in [2.05, 4.69) is 57.3 Å². The number of amides is 1. The van der Waals surface area contributed by atoms with E-state index in [9.17, 15) is 4.79 Å². The van der Waals surface area contributed by atoms with E-state index in [1.165, 1.54) is 11.1 Å². The highest BCUT2D eigenvalue weighted by Crippen LogP contribution is 2.24. The molecule has 0 aliphatic carbocycles. The summed E-state index contributed by atoms with van der Waals surface area (Å²) in [6.07, 6.45) is 5.05. The Kier molecular flexibility index (Phi) is 10.1. The van der Waals surface area contributed by atoms with E-state index in [1.54, 1.807) is 11.8 Å². The third-order valence-electron chi connectivity index (χ3n) is 5.14. The number of rotatable bonds is 13. The van der Waals surface area contributed by atoms with Crippen molar-refractivity contribution in [2.75, 3.05) is 6.54 Å². The monoisotopic (exact) mass is 470 g/mol. The van der Waals surface area contributed by atoms with Crippen LogP contribution in [0.5, 0.6) is 0 Å². The van der Waals surface area contributed by atoms with Crippen molar-refractivity contribution in [3.05, 3.63) is 76.6 Å². The Morgan fingerprint density at radius 2 is 1.84 bits per heavy atom. The summed E-state index contributed by atoms with van der Waals surface area (Å²) in [5.74, 6) is 1.92. The lowest BCUT2D eigenvalue weighted by Crippen LogP contribution is -2.23. The summed E-state index contributed by atoms with van der Waals surface area (Å²) in [4.78, 5) is 11.8. The second-order valence-electron chi connectivity index (χ2n) is 7.76. The number of thioether (sulfide) groups is 1. The molecule has 0 radical (unpaired) electrons. The van der Waals surface area contributed by atoms with Gasteiger partial charge in [-0.2, -0.15) is 0 Å². The normalized spacial score (nSPS) is 10.9. The molecule has 0 aliphatic heterocycles. The maximum atomic E-state index is 11.8. The molecule has 0 atom stereocenters. The van der Waals surface area contributed by atoms with Gasteiger partial charge in [-0.05, 0) is 48.9 Å². The van der Waals surface area contributed by atoms with Crippen LogP contribution in [0.25, 0.3) is 0 Å². The Morgan fingerprint density at radius 3 is 2.62 bits per heavy atom. The summed E-state index contributed by atoms with van der Waals surface area (Å²) in [6, 6.07) is 18.4. The van der Waals surface area contributed by atoms with Gasteiger partial charge in [0, 0.05) is 36.7 Å².